The monoisotopic (exact) mass is 196 g/mol. The van der Waals surface area contributed by atoms with Crippen LogP contribution in [0, 0.1) is 0 Å². The highest BCUT2D eigenvalue weighted by Crippen LogP contribution is 2.48. The standard InChI is InChI=1S/C8H8N2S2/c1-2-9-3-5-6(1)12-8-7(5)11-4-10-8/h2,4-6H,1,3H2/q+1. The molecule has 2 atom stereocenters. The predicted molar refractivity (Wildman–Crippen MR) is 52.2 cm³/mol. The molecule has 0 bridgehead atoms. The van der Waals surface area contributed by atoms with Crippen LogP contribution in [0.15, 0.2) is 10.5 Å². The second-order valence-corrected chi connectivity index (χ2v) is 5.18. The Kier molecular flexibility index (Phi) is 1.52. The highest BCUT2D eigenvalue weighted by atomic mass is 32.2. The van der Waals surface area contributed by atoms with Crippen LogP contribution >= 0.6 is 23.1 Å². The molecule has 61 valence electrons. The van der Waals surface area contributed by atoms with Crippen LogP contribution in [0.25, 0.3) is 0 Å². The molecule has 0 N–H and O–H groups in total. The molecule has 2 unspecified atom stereocenters. The summed E-state index contributed by atoms with van der Waals surface area (Å²) in [5.74, 6) is 0.669. The molecule has 0 aliphatic carbocycles. The topological polar surface area (TPSA) is 27.0 Å². The van der Waals surface area contributed by atoms with Crippen molar-refractivity contribution in [3.63, 3.8) is 0 Å². The molecular formula is C8H8N2S2+. The number of hydrogen-bond acceptors (Lipinski definition) is 4. The van der Waals surface area contributed by atoms with Crippen molar-refractivity contribution in [1.29, 1.82) is 0 Å². The molecule has 1 radical (unpaired) electrons. The maximum atomic E-state index is 4.35. The minimum atomic E-state index is 0.669. The van der Waals surface area contributed by atoms with Crippen molar-refractivity contribution in [1.82, 2.24) is 9.98 Å². The molecule has 2 aliphatic heterocycles. The Morgan fingerprint density at radius 3 is 3.58 bits per heavy atom. The first-order chi connectivity index (χ1) is 5.95. The van der Waals surface area contributed by atoms with E-state index in [-0.39, 0.29) is 0 Å². The fourth-order valence-corrected chi connectivity index (χ4v) is 4.27. The summed E-state index contributed by atoms with van der Waals surface area (Å²) in [5, 5.41) is 2.00. The molecule has 3 rings (SSSR count). The molecule has 4 heteroatoms. The fraction of sp³-hybridized carbons (Fsp3) is 0.500. The third-order valence-electron chi connectivity index (χ3n) is 2.38. The van der Waals surface area contributed by atoms with E-state index in [1.807, 2.05) is 17.3 Å². The number of aliphatic imine (C=N–C) groups is 1. The lowest BCUT2D eigenvalue weighted by atomic mass is 10.0. The highest BCUT2D eigenvalue weighted by molar-refractivity contribution is 8.00. The zero-order valence-electron chi connectivity index (χ0n) is 6.43. The van der Waals surface area contributed by atoms with E-state index in [1.165, 1.54) is 9.90 Å². The van der Waals surface area contributed by atoms with Gasteiger partial charge in [0.25, 0.3) is 0 Å². The molecule has 0 saturated carbocycles. The van der Waals surface area contributed by atoms with Gasteiger partial charge < -0.3 is 0 Å². The largest absolute Gasteiger partial charge is 0.238 e. The summed E-state index contributed by atoms with van der Waals surface area (Å²) in [5.41, 5.74) is 1.95. The van der Waals surface area contributed by atoms with Gasteiger partial charge in [0.2, 0.25) is 12.8 Å². The van der Waals surface area contributed by atoms with Gasteiger partial charge in [-0.1, -0.05) is 0 Å². The minimum Gasteiger partial charge on any atom is -0.238 e. The Labute approximate surface area is 79.1 Å². The van der Waals surface area contributed by atoms with E-state index in [0.717, 1.165) is 18.2 Å². The summed E-state index contributed by atoms with van der Waals surface area (Å²) in [6, 6.07) is 0. The van der Waals surface area contributed by atoms with Crippen LogP contribution in [0.1, 0.15) is 17.2 Å². The molecule has 3 heterocycles. The van der Waals surface area contributed by atoms with Crippen LogP contribution < -0.4 is 4.99 Å². The van der Waals surface area contributed by atoms with Gasteiger partial charge in [-0.05, 0) is 0 Å². The highest BCUT2D eigenvalue weighted by Gasteiger charge is 2.40. The lowest BCUT2D eigenvalue weighted by molar-refractivity contribution is 0.638. The molecule has 0 amide bonds. The van der Waals surface area contributed by atoms with E-state index < -0.39 is 0 Å². The summed E-state index contributed by atoms with van der Waals surface area (Å²) in [7, 11) is 0. The first-order valence-electron chi connectivity index (χ1n) is 4.03. The third kappa shape index (κ3) is 0.880. The molecule has 1 aromatic rings. The smallest absolute Gasteiger partial charge is 0.219 e. The quantitative estimate of drug-likeness (QED) is 0.629. The van der Waals surface area contributed by atoms with Gasteiger partial charge in [0, 0.05) is 21.5 Å². The van der Waals surface area contributed by atoms with Crippen LogP contribution in [0.4, 0.5) is 0 Å². The van der Waals surface area contributed by atoms with Crippen molar-refractivity contribution in [2.45, 2.75) is 22.6 Å². The maximum Gasteiger partial charge on any atom is 0.219 e. The summed E-state index contributed by atoms with van der Waals surface area (Å²) >= 11 is 3.73. The van der Waals surface area contributed by atoms with E-state index >= 15 is 0 Å². The lowest BCUT2D eigenvalue weighted by Gasteiger charge is -2.11. The average Bonchev–Trinajstić information content (AvgIpc) is 2.62. The summed E-state index contributed by atoms with van der Waals surface area (Å²) in [6.07, 6.45) is 3.18. The molecule has 0 aromatic carbocycles. The van der Waals surface area contributed by atoms with Crippen molar-refractivity contribution < 1.29 is 0 Å². The number of fused-ring (bicyclic) bond motifs is 3. The Morgan fingerprint density at radius 1 is 1.58 bits per heavy atom. The van der Waals surface area contributed by atoms with Gasteiger partial charge in [-0.15, -0.1) is 23.1 Å². The minimum absolute atomic E-state index is 0.669. The number of thiazole rings is 1. The molecule has 0 spiro atoms. The van der Waals surface area contributed by atoms with E-state index in [1.54, 1.807) is 11.3 Å². The Balaban J connectivity index is 2.04. The predicted octanol–water partition coefficient (Wildman–Crippen LogP) is 1.51. The molecular weight excluding hydrogens is 188 g/mol. The molecule has 12 heavy (non-hydrogen) atoms. The third-order valence-corrected chi connectivity index (χ3v) is 4.84. The van der Waals surface area contributed by atoms with Crippen molar-refractivity contribution in [2.24, 2.45) is 0 Å². The summed E-state index contributed by atoms with van der Waals surface area (Å²) < 4.78 is 0. The van der Waals surface area contributed by atoms with Crippen molar-refractivity contribution >= 4 is 29.3 Å². The molecule has 0 fully saturated rings. The maximum absolute atomic E-state index is 4.35. The van der Waals surface area contributed by atoms with Crippen molar-refractivity contribution in [3.8, 4) is 0 Å². The van der Waals surface area contributed by atoms with E-state index in [9.17, 15) is 0 Å². The van der Waals surface area contributed by atoms with Crippen LogP contribution in [0.5, 0.6) is 0 Å². The molecule has 1 aromatic heterocycles. The Bertz CT molecular complexity index is 332. The van der Waals surface area contributed by atoms with E-state index in [4.69, 9.17) is 0 Å². The van der Waals surface area contributed by atoms with Gasteiger partial charge in [0.05, 0.1) is 11.4 Å². The number of hydrogen-bond donors (Lipinski definition) is 0. The van der Waals surface area contributed by atoms with Gasteiger partial charge in [-0.2, -0.15) is 0 Å². The zero-order chi connectivity index (χ0) is 7.97. The summed E-state index contributed by atoms with van der Waals surface area (Å²) in [4.78, 5) is 10.2. The van der Waals surface area contributed by atoms with Crippen molar-refractivity contribution in [3.05, 3.63) is 10.4 Å². The number of rotatable bonds is 0. The average molecular weight is 196 g/mol. The van der Waals surface area contributed by atoms with Crippen LogP contribution in [0.3, 0.4) is 0 Å². The second kappa shape index (κ2) is 2.57. The van der Waals surface area contributed by atoms with Gasteiger partial charge >= 0.3 is 0 Å². The lowest BCUT2D eigenvalue weighted by Crippen LogP contribution is -2.23. The van der Waals surface area contributed by atoms with E-state index in [2.05, 4.69) is 16.2 Å². The van der Waals surface area contributed by atoms with Gasteiger partial charge in [0.15, 0.2) is 0 Å². The SMILES string of the molecule is C1=[N+]CC2c3scnc3SC2C1. The first kappa shape index (κ1) is 7.09. The number of nitrogens with zero attached hydrogens (tertiary/aromatic N) is 2. The van der Waals surface area contributed by atoms with Crippen LogP contribution in [-0.2, 0) is 0 Å². The Morgan fingerprint density at radius 2 is 2.58 bits per heavy atom. The Hall–Kier alpha value is -0.350. The van der Waals surface area contributed by atoms with Crippen molar-refractivity contribution in [2.75, 3.05) is 6.54 Å². The van der Waals surface area contributed by atoms with Gasteiger partial charge in [-0.3, -0.25) is 0 Å². The van der Waals surface area contributed by atoms with Gasteiger partial charge in [-0.25, -0.2) is 4.98 Å². The normalized spacial score (nSPS) is 31.7. The summed E-state index contributed by atoms with van der Waals surface area (Å²) in [6.45, 7) is 0.979. The molecule has 0 saturated heterocycles. The first-order valence-corrected chi connectivity index (χ1v) is 5.79. The van der Waals surface area contributed by atoms with E-state index in [0.29, 0.717) is 5.92 Å². The van der Waals surface area contributed by atoms with Gasteiger partial charge in [0.1, 0.15) is 5.03 Å². The van der Waals surface area contributed by atoms with Crippen LogP contribution in [0.2, 0.25) is 0 Å². The number of aromatic nitrogens is 1. The zero-order valence-corrected chi connectivity index (χ0v) is 8.07. The molecule has 2 aliphatic rings. The van der Waals surface area contributed by atoms with Crippen LogP contribution in [-0.4, -0.2) is 23.0 Å². The molecule has 2 nitrogen and oxygen atoms in total. The second-order valence-electron chi connectivity index (χ2n) is 3.07. The number of thioether (sulfide) groups is 1. The fourth-order valence-electron chi connectivity index (χ4n) is 1.75.